The minimum Gasteiger partial charge on any atom is -0.310 e. The van der Waals surface area contributed by atoms with E-state index in [1.54, 1.807) is 0 Å². The van der Waals surface area contributed by atoms with Gasteiger partial charge in [0.2, 0.25) is 0 Å². The molecule has 0 fully saturated rings. The summed E-state index contributed by atoms with van der Waals surface area (Å²) in [5.41, 5.74) is 3.82. The fourth-order valence-electron chi connectivity index (χ4n) is 2.33. The van der Waals surface area contributed by atoms with Crippen molar-refractivity contribution in [3.8, 4) is 0 Å². The zero-order valence-electron chi connectivity index (χ0n) is 12.8. The van der Waals surface area contributed by atoms with Crippen LogP contribution in [0, 0.1) is 6.92 Å². The largest absolute Gasteiger partial charge is 0.310 e. The average molecular weight is 320 g/mol. The van der Waals surface area contributed by atoms with Crippen LogP contribution in [0.2, 0.25) is 5.02 Å². The van der Waals surface area contributed by atoms with E-state index in [0.717, 1.165) is 17.3 Å². The minimum atomic E-state index is 0.290. The van der Waals surface area contributed by atoms with Crippen molar-refractivity contribution in [2.75, 3.05) is 6.54 Å². The molecule has 1 N–H and O–H groups in total. The van der Waals surface area contributed by atoms with Crippen molar-refractivity contribution in [3.63, 3.8) is 0 Å². The summed E-state index contributed by atoms with van der Waals surface area (Å²) in [5.74, 6) is 0.972. The lowest BCUT2D eigenvalue weighted by Crippen LogP contribution is -2.17. The van der Waals surface area contributed by atoms with Gasteiger partial charge in [-0.25, -0.2) is 0 Å². The first kappa shape index (κ1) is 16.4. The first-order valence-corrected chi connectivity index (χ1v) is 8.67. The van der Waals surface area contributed by atoms with Crippen LogP contribution >= 0.6 is 23.4 Å². The van der Waals surface area contributed by atoms with E-state index in [4.69, 9.17) is 11.6 Å². The summed E-state index contributed by atoms with van der Waals surface area (Å²) in [4.78, 5) is 1.22. The molecule has 0 bridgehead atoms. The summed E-state index contributed by atoms with van der Waals surface area (Å²) in [6.45, 7) is 7.32. The highest BCUT2D eigenvalue weighted by atomic mass is 35.5. The first-order valence-electron chi connectivity index (χ1n) is 7.31. The van der Waals surface area contributed by atoms with Crippen LogP contribution in [0.15, 0.2) is 47.4 Å². The molecule has 2 aromatic rings. The maximum absolute atomic E-state index is 6.41. The molecule has 0 aliphatic rings. The summed E-state index contributed by atoms with van der Waals surface area (Å²) in [7, 11) is 0. The number of thioether (sulfide) groups is 1. The standard InChI is InChI=1S/C18H22ClNS/c1-4-20-14(3)17-9-8-16(11-18(17)19)21-12-15-7-5-6-13(2)10-15/h5-11,14,20H,4,12H2,1-3H3. The zero-order valence-corrected chi connectivity index (χ0v) is 14.4. The molecule has 1 atom stereocenters. The summed E-state index contributed by atoms with van der Waals surface area (Å²) < 4.78 is 0. The third-order valence-corrected chi connectivity index (χ3v) is 4.83. The third kappa shape index (κ3) is 4.77. The highest BCUT2D eigenvalue weighted by molar-refractivity contribution is 7.98. The van der Waals surface area contributed by atoms with Gasteiger partial charge in [0.1, 0.15) is 0 Å². The molecule has 3 heteroatoms. The number of halogens is 1. The molecule has 0 aromatic heterocycles. The summed E-state index contributed by atoms with van der Waals surface area (Å²) in [6.07, 6.45) is 0. The molecule has 0 radical (unpaired) electrons. The Hall–Kier alpha value is -0.960. The number of benzene rings is 2. The topological polar surface area (TPSA) is 12.0 Å². The normalized spacial score (nSPS) is 12.4. The maximum Gasteiger partial charge on any atom is 0.0464 e. The predicted molar refractivity (Wildman–Crippen MR) is 94.3 cm³/mol. The van der Waals surface area contributed by atoms with E-state index in [-0.39, 0.29) is 0 Å². The molecule has 0 saturated heterocycles. The van der Waals surface area contributed by atoms with Crippen LogP contribution in [0.5, 0.6) is 0 Å². The van der Waals surface area contributed by atoms with Gasteiger partial charge in [-0.15, -0.1) is 11.8 Å². The third-order valence-electron chi connectivity index (χ3n) is 3.44. The number of hydrogen-bond donors (Lipinski definition) is 1. The lowest BCUT2D eigenvalue weighted by Gasteiger charge is -2.15. The van der Waals surface area contributed by atoms with Crippen molar-refractivity contribution in [1.82, 2.24) is 5.32 Å². The Bertz CT molecular complexity index is 598. The van der Waals surface area contributed by atoms with E-state index >= 15 is 0 Å². The van der Waals surface area contributed by atoms with Gasteiger partial charge in [-0.3, -0.25) is 0 Å². The smallest absolute Gasteiger partial charge is 0.0464 e. The second kappa shape index (κ2) is 7.88. The van der Waals surface area contributed by atoms with E-state index in [1.165, 1.54) is 21.6 Å². The van der Waals surface area contributed by atoms with Crippen LogP contribution in [-0.2, 0) is 5.75 Å². The Labute approximate surface area is 137 Å². The number of aryl methyl sites for hydroxylation is 1. The molecule has 112 valence electrons. The molecular weight excluding hydrogens is 298 g/mol. The van der Waals surface area contributed by atoms with Crippen LogP contribution in [0.4, 0.5) is 0 Å². The van der Waals surface area contributed by atoms with E-state index < -0.39 is 0 Å². The van der Waals surface area contributed by atoms with Gasteiger partial charge in [0.05, 0.1) is 0 Å². The molecule has 21 heavy (non-hydrogen) atoms. The van der Waals surface area contributed by atoms with Crippen molar-refractivity contribution in [2.45, 2.75) is 37.5 Å². The fourth-order valence-corrected chi connectivity index (χ4v) is 3.62. The zero-order chi connectivity index (χ0) is 15.2. The van der Waals surface area contributed by atoms with Gasteiger partial charge in [-0.1, -0.05) is 54.4 Å². The molecule has 0 spiro atoms. The Kier molecular flexibility index (Phi) is 6.16. The highest BCUT2D eigenvalue weighted by Crippen LogP contribution is 2.30. The Balaban J connectivity index is 2.03. The van der Waals surface area contributed by atoms with Crippen LogP contribution in [0.1, 0.15) is 36.6 Å². The van der Waals surface area contributed by atoms with Crippen molar-refractivity contribution >= 4 is 23.4 Å². The molecule has 0 aliphatic heterocycles. The van der Waals surface area contributed by atoms with E-state index in [0.29, 0.717) is 6.04 Å². The molecule has 0 saturated carbocycles. The van der Waals surface area contributed by atoms with E-state index in [2.05, 4.69) is 68.6 Å². The highest BCUT2D eigenvalue weighted by Gasteiger charge is 2.09. The quantitative estimate of drug-likeness (QED) is 0.694. The number of nitrogens with one attached hydrogen (secondary N) is 1. The van der Waals surface area contributed by atoms with Crippen molar-refractivity contribution < 1.29 is 0 Å². The number of hydrogen-bond acceptors (Lipinski definition) is 2. The van der Waals surface area contributed by atoms with Crippen LogP contribution < -0.4 is 5.32 Å². The van der Waals surface area contributed by atoms with Crippen LogP contribution in [-0.4, -0.2) is 6.54 Å². The molecule has 0 heterocycles. The predicted octanol–water partition coefficient (Wildman–Crippen LogP) is 5.61. The number of rotatable bonds is 6. The fraction of sp³-hybridized carbons (Fsp3) is 0.333. The van der Waals surface area contributed by atoms with Gasteiger partial charge in [0.15, 0.2) is 0 Å². The lowest BCUT2D eigenvalue weighted by molar-refractivity contribution is 0.598. The molecular formula is C18H22ClNS. The monoisotopic (exact) mass is 319 g/mol. The van der Waals surface area contributed by atoms with Gasteiger partial charge in [0.25, 0.3) is 0 Å². The Morgan fingerprint density at radius 2 is 2.00 bits per heavy atom. The van der Waals surface area contributed by atoms with E-state index in [9.17, 15) is 0 Å². The van der Waals surface area contributed by atoms with Crippen LogP contribution in [0.3, 0.4) is 0 Å². The lowest BCUT2D eigenvalue weighted by atomic mass is 10.1. The van der Waals surface area contributed by atoms with Crippen molar-refractivity contribution in [1.29, 1.82) is 0 Å². The minimum absolute atomic E-state index is 0.290. The summed E-state index contributed by atoms with van der Waals surface area (Å²) in [5, 5.41) is 4.24. The van der Waals surface area contributed by atoms with Gasteiger partial charge in [-0.05, 0) is 43.7 Å². The second-order valence-electron chi connectivity index (χ2n) is 5.24. The molecule has 2 aromatic carbocycles. The van der Waals surface area contributed by atoms with Gasteiger partial charge in [0, 0.05) is 21.7 Å². The molecule has 2 rings (SSSR count). The average Bonchev–Trinajstić information content (AvgIpc) is 2.45. The molecule has 0 aliphatic carbocycles. The summed E-state index contributed by atoms with van der Waals surface area (Å²) >= 11 is 8.24. The molecule has 1 unspecified atom stereocenters. The van der Waals surface area contributed by atoms with Gasteiger partial charge in [-0.2, -0.15) is 0 Å². The Morgan fingerprint density at radius 1 is 1.19 bits per heavy atom. The van der Waals surface area contributed by atoms with Crippen LogP contribution in [0.25, 0.3) is 0 Å². The van der Waals surface area contributed by atoms with E-state index in [1.807, 2.05) is 11.8 Å². The van der Waals surface area contributed by atoms with Crippen molar-refractivity contribution in [3.05, 3.63) is 64.2 Å². The van der Waals surface area contributed by atoms with Gasteiger partial charge < -0.3 is 5.32 Å². The summed E-state index contributed by atoms with van der Waals surface area (Å²) in [6, 6.07) is 15.3. The first-order chi connectivity index (χ1) is 10.1. The molecule has 1 nitrogen and oxygen atoms in total. The second-order valence-corrected chi connectivity index (χ2v) is 6.70. The van der Waals surface area contributed by atoms with Crippen molar-refractivity contribution in [2.24, 2.45) is 0 Å². The SMILES string of the molecule is CCNC(C)c1ccc(SCc2cccc(C)c2)cc1Cl. The Morgan fingerprint density at radius 3 is 2.67 bits per heavy atom. The van der Waals surface area contributed by atoms with Gasteiger partial charge >= 0.3 is 0 Å². The maximum atomic E-state index is 6.41. The molecule has 0 amide bonds.